The average Bonchev–Trinajstić information content (AvgIpc) is 2.75. The van der Waals surface area contributed by atoms with E-state index in [0.717, 1.165) is 16.7 Å². The van der Waals surface area contributed by atoms with Crippen LogP contribution in [0.5, 0.6) is 0 Å². The van der Waals surface area contributed by atoms with E-state index in [9.17, 15) is 0 Å². The van der Waals surface area contributed by atoms with Crippen LogP contribution in [0.4, 0.5) is 0 Å². The lowest BCUT2D eigenvalue weighted by Gasteiger charge is -2.32. The SMILES string of the molecule is CC1(C)OB(c2ncccc2C#Cc2ccccc2)OC1(C)C. The Kier molecular flexibility index (Phi) is 4.01. The first-order valence-electron chi connectivity index (χ1n) is 7.77. The Morgan fingerprint density at radius 3 is 2.17 bits per heavy atom. The molecule has 1 aromatic carbocycles. The van der Waals surface area contributed by atoms with Gasteiger partial charge in [0.2, 0.25) is 0 Å². The minimum absolute atomic E-state index is 0.390. The maximum absolute atomic E-state index is 6.09. The second kappa shape index (κ2) is 5.84. The number of nitrogens with zero attached hydrogens (tertiary/aromatic N) is 1. The van der Waals surface area contributed by atoms with E-state index in [0.29, 0.717) is 0 Å². The van der Waals surface area contributed by atoms with Gasteiger partial charge in [0.15, 0.2) is 0 Å². The predicted octanol–water partition coefficient (Wildman–Crippen LogP) is 2.78. The molecule has 0 saturated carbocycles. The normalized spacial score (nSPS) is 18.3. The molecule has 0 amide bonds. The van der Waals surface area contributed by atoms with Gasteiger partial charge >= 0.3 is 7.12 Å². The molecule has 4 heteroatoms. The molecule has 0 atom stereocenters. The van der Waals surface area contributed by atoms with Crippen molar-refractivity contribution in [3.05, 3.63) is 59.8 Å². The Labute approximate surface area is 138 Å². The van der Waals surface area contributed by atoms with Crippen LogP contribution in [0.25, 0.3) is 0 Å². The van der Waals surface area contributed by atoms with E-state index in [4.69, 9.17) is 9.31 Å². The Morgan fingerprint density at radius 2 is 1.52 bits per heavy atom. The van der Waals surface area contributed by atoms with Crippen molar-refractivity contribution in [2.24, 2.45) is 0 Å². The molecule has 2 heterocycles. The van der Waals surface area contributed by atoms with E-state index >= 15 is 0 Å². The van der Waals surface area contributed by atoms with Gasteiger partial charge in [0.1, 0.15) is 0 Å². The van der Waals surface area contributed by atoms with Crippen LogP contribution in [-0.2, 0) is 9.31 Å². The molecule has 0 spiro atoms. The smallest absolute Gasteiger partial charge is 0.398 e. The van der Waals surface area contributed by atoms with E-state index in [2.05, 4.69) is 16.8 Å². The summed E-state index contributed by atoms with van der Waals surface area (Å²) in [7, 11) is -0.499. The summed E-state index contributed by atoms with van der Waals surface area (Å²) in [6.07, 6.45) is 1.74. The molecule has 0 bridgehead atoms. The summed E-state index contributed by atoms with van der Waals surface area (Å²) in [5, 5.41) is 0. The highest BCUT2D eigenvalue weighted by Gasteiger charge is 2.52. The Morgan fingerprint density at radius 1 is 0.870 bits per heavy atom. The Hall–Kier alpha value is -2.09. The highest BCUT2D eigenvalue weighted by Crippen LogP contribution is 2.36. The molecule has 0 unspecified atom stereocenters. The number of pyridine rings is 1. The summed E-state index contributed by atoms with van der Waals surface area (Å²) in [6, 6.07) is 13.7. The van der Waals surface area contributed by atoms with E-state index in [1.807, 2.05) is 70.2 Å². The summed E-state index contributed by atoms with van der Waals surface area (Å²) in [6.45, 7) is 8.13. The second-order valence-electron chi connectivity index (χ2n) is 6.64. The minimum Gasteiger partial charge on any atom is -0.398 e. The molecule has 23 heavy (non-hydrogen) atoms. The fourth-order valence-corrected chi connectivity index (χ4v) is 2.33. The van der Waals surface area contributed by atoms with Crippen LogP contribution in [-0.4, -0.2) is 23.3 Å². The quantitative estimate of drug-likeness (QED) is 0.600. The van der Waals surface area contributed by atoms with Gasteiger partial charge in [-0.05, 0) is 52.0 Å². The van der Waals surface area contributed by atoms with Gasteiger partial charge in [0.05, 0.1) is 16.8 Å². The maximum Gasteiger partial charge on any atom is 0.515 e. The third-order valence-electron chi connectivity index (χ3n) is 4.43. The van der Waals surface area contributed by atoms with Crippen LogP contribution in [0.3, 0.4) is 0 Å². The highest BCUT2D eigenvalue weighted by molar-refractivity contribution is 6.61. The standard InChI is InChI=1S/C19H20BNO2/c1-18(2)19(3,4)23-20(22-18)17-16(11-8-14-21-17)13-12-15-9-6-5-7-10-15/h5-11,14H,1-4H3. The first-order chi connectivity index (χ1) is 10.9. The molecule has 1 fully saturated rings. The number of rotatable bonds is 1. The molecule has 2 aromatic rings. The molecule has 1 aliphatic heterocycles. The van der Waals surface area contributed by atoms with Gasteiger partial charge in [-0.2, -0.15) is 0 Å². The fraction of sp³-hybridized carbons (Fsp3) is 0.316. The van der Waals surface area contributed by atoms with E-state index in [-0.39, 0.29) is 11.2 Å². The third-order valence-corrected chi connectivity index (χ3v) is 4.43. The van der Waals surface area contributed by atoms with Crippen LogP contribution >= 0.6 is 0 Å². The zero-order valence-electron chi connectivity index (χ0n) is 14.0. The van der Waals surface area contributed by atoms with Crippen LogP contribution in [0.2, 0.25) is 0 Å². The molecule has 0 N–H and O–H groups in total. The molecule has 0 aliphatic carbocycles. The molecule has 1 aliphatic rings. The van der Waals surface area contributed by atoms with Crippen LogP contribution in [0.15, 0.2) is 48.7 Å². The molecular weight excluding hydrogens is 285 g/mol. The Balaban J connectivity index is 1.93. The zero-order valence-corrected chi connectivity index (χ0v) is 14.0. The third kappa shape index (κ3) is 3.17. The van der Waals surface area contributed by atoms with E-state index < -0.39 is 7.12 Å². The lowest BCUT2D eigenvalue weighted by Crippen LogP contribution is -2.41. The second-order valence-corrected chi connectivity index (χ2v) is 6.64. The number of benzene rings is 1. The largest absolute Gasteiger partial charge is 0.515 e. The van der Waals surface area contributed by atoms with Crippen molar-refractivity contribution in [3.63, 3.8) is 0 Å². The topological polar surface area (TPSA) is 31.4 Å². The van der Waals surface area contributed by atoms with E-state index in [1.165, 1.54) is 0 Å². The summed E-state index contributed by atoms with van der Waals surface area (Å²) < 4.78 is 12.2. The average molecular weight is 305 g/mol. The summed E-state index contributed by atoms with van der Waals surface area (Å²) >= 11 is 0. The summed E-state index contributed by atoms with van der Waals surface area (Å²) in [5.74, 6) is 6.35. The van der Waals surface area contributed by atoms with E-state index in [1.54, 1.807) is 6.20 Å². The maximum atomic E-state index is 6.09. The Bertz CT molecular complexity index is 744. The van der Waals surface area contributed by atoms with Gasteiger partial charge in [-0.25, -0.2) is 0 Å². The zero-order chi connectivity index (χ0) is 16.5. The number of hydrogen-bond acceptors (Lipinski definition) is 3. The van der Waals surface area contributed by atoms with Crippen molar-refractivity contribution in [2.75, 3.05) is 0 Å². The van der Waals surface area contributed by atoms with Gasteiger partial charge in [-0.15, -0.1) is 0 Å². The number of aromatic nitrogens is 1. The molecule has 1 aromatic heterocycles. The summed E-state index contributed by atoms with van der Waals surface area (Å²) in [4.78, 5) is 4.45. The van der Waals surface area contributed by atoms with Crippen LogP contribution in [0.1, 0.15) is 38.8 Å². The monoisotopic (exact) mass is 305 g/mol. The highest BCUT2D eigenvalue weighted by atomic mass is 16.7. The first kappa shape index (κ1) is 15.8. The predicted molar refractivity (Wildman–Crippen MR) is 92.4 cm³/mol. The lowest BCUT2D eigenvalue weighted by molar-refractivity contribution is 0.00578. The van der Waals surface area contributed by atoms with Crippen molar-refractivity contribution in [2.45, 2.75) is 38.9 Å². The van der Waals surface area contributed by atoms with Crippen molar-refractivity contribution >= 4 is 12.7 Å². The molecule has 1 saturated heterocycles. The fourth-order valence-electron chi connectivity index (χ4n) is 2.33. The van der Waals surface area contributed by atoms with Crippen LogP contribution < -0.4 is 5.59 Å². The summed E-state index contributed by atoms with van der Waals surface area (Å²) in [5.41, 5.74) is 1.75. The minimum atomic E-state index is -0.499. The van der Waals surface area contributed by atoms with Gasteiger partial charge in [-0.3, -0.25) is 4.98 Å². The van der Waals surface area contributed by atoms with Gasteiger partial charge in [0.25, 0.3) is 0 Å². The lowest BCUT2D eigenvalue weighted by atomic mass is 9.81. The van der Waals surface area contributed by atoms with Crippen molar-refractivity contribution < 1.29 is 9.31 Å². The molecular formula is C19H20BNO2. The van der Waals surface area contributed by atoms with Gasteiger partial charge < -0.3 is 9.31 Å². The number of hydrogen-bond donors (Lipinski definition) is 0. The van der Waals surface area contributed by atoms with Gasteiger partial charge in [-0.1, -0.05) is 30.0 Å². The first-order valence-corrected chi connectivity index (χ1v) is 7.77. The molecule has 3 rings (SSSR count). The molecule has 0 radical (unpaired) electrons. The molecule has 3 nitrogen and oxygen atoms in total. The van der Waals surface area contributed by atoms with Crippen molar-refractivity contribution in [1.29, 1.82) is 0 Å². The van der Waals surface area contributed by atoms with Crippen molar-refractivity contribution in [1.82, 2.24) is 4.98 Å². The molecule has 116 valence electrons. The van der Waals surface area contributed by atoms with Crippen LogP contribution in [0, 0.1) is 11.8 Å². The van der Waals surface area contributed by atoms with Gasteiger partial charge in [0, 0.05) is 17.3 Å². The van der Waals surface area contributed by atoms with Crippen molar-refractivity contribution in [3.8, 4) is 11.8 Å².